The van der Waals surface area contributed by atoms with Crippen LogP contribution in [-0.4, -0.2) is 15.0 Å². The first kappa shape index (κ1) is 13.4. The Morgan fingerprint density at radius 3 is 2.50 bits per heavy atom. The maximum atomic E-state index is 11.5. The second-order valence-corrected chi connectivity index (χ2v) is 6.26. The number of hydrogen-bond donors (Lipinski definition) is 0. The first-order valence-corrected chi connectivity index (χ1v) is 7.65. The van der Waals surface area contributed by atoms with Gasteiger partial charge in [-0.3, -0.25) is 0 Å². The molecule has 0 N–H and O–H groups in total. The first-order chi connectivity index (χ1) is 7.56. The van der Waals surface area contributed by atoms with Gasteiger partial charge < -0.3 is 0 Å². The van der Waals surface area contributed by atoms with Crippen molar-refractivity contribution in [1.82, 2.24) is 0 Å². The van der Waals surface area contributed by atoms with Gasteiger partial charge in [0, 0.05) is 0 Å². The number of benzene rings is 1. The zero-order chi connectivity index (χ0) is 12.0. The second kappa shape index (κ2) is 6.17. The van der Waals surface area contributed by atoms with Crippen LogP contribution in [0.25, 0.3) is 0 Å². The predicted molar refractivity (Wildman–Crippen MR) is 51.5 cm³/mol. The quantitative estimate of drug-likeness (QED) is 0.581. The standard InChI is InChI=1S/C6H6O3S.C3H5O.O.Ti/c7-10(8,9)6-4-2-1-3-5-6;1-2-3-4;;/h1-5H,(H,7,8,9);2H,1,3H2;;/q;-1;;+2/p-1. The van der Waals surface area contributed by atoms with Gasteiger partial charge in [-0.25, -0.2) is 0 Å². The summed E-state index contributed by atoms with van der Waals surface area (Å²) in [5.41, 5.74) is 0. The van der Waals surface area contributed by atoms with Crippen LogP contribution < -0.4 is 0 Å². The van der Waals surface area contributed by atoms with Crippen LogP contribution in [0.5, 0.6) is 0 Å². The summed E-state index contributed by atoms with van der Waals surface area (Å²) in [6.07, 6.45) is 1.36. The molecule has 1 rings (SSSR count). The van der Waals surface area contributed by atoms with Crippen molar-refractivity contribution in [3.8, 4) is 0 Å². The molecule has 0 aromatic heterocycles. The van der Waals surface area contributed by atoms with E-state index in [0.717, 1.165) is 0 Å². The maximum absolute atomic E-state index is 11.5. The molecule has 0 aliphatic heterocycles. The van der Waals surface area contributed by atoms with Crippen molar-refractivity contribution in [2.75, 3.05) is 6.61 Å². The van der Waals surface area contributed by atoms with E-state index in [0.29, 0.717) is 0 Å². The van der Waals surface area contributed by atoms with Crippen molar-refractivity contribution in [2.24, 2.45) is 0 Å². The molecule has 0 saturated heterocycles. The monoisotopic (exact) mass is 278 g/mol. The average molecular weight is 278 g/mol. The molecule has 0 heterocycles. The molecule has 7 heteroatoms. The van der Waals surface area contributed by atoms with Crippen molar-refractivity contribution < 1.29 is 36.4 Å². The van der Waals surface area contributed by atoms with E-state index in [1.165, 1.54) is 18.2 Å². The Kier molecular flexibility index (Phi) is 5.17. The van der Waals surface area contributed by atoms with Gasteiger partial charge in [-0.2, -0.15) is 0 Å². The van der Waals surface area contributed by atoms with E-state index in [1.807, 2.05) is 0 Å². The average Bonchev–Trinajstić information content (AvgIpc) is 2.27. The van der Waals surface area contributed by atoms with E-state index in [4.69, 9.17) is 0 Å². The van der Waals surface area contributed by atoms with Gasteiger partial charge in [0.1, 0.15) is 0 Å². The molecule has 0 atom stereocenters. The zero-order valence-corrected chi connectivity index (χ0v) is 10.7. The van der Waals surface area contributed by atoms with Crippen molar-refractivity contribution in [3.05, 3.63) is 43.0 Å². The number of rotatable bonds is 6. The molecule has 0 unspecified atom stereocenters. The summed E-state index contributed by atoms with van der Waals surface area (Å²) in [5.74, 6) is 0. The Morgan fingerprint density at radius 1 is 1.31 bits per heavy atom. The fourth-order valence-electron chi connectivity index (χ4n) is 0.876. The van der Waals surface area contributed by atoms with Crippen LogP contribution in [0.15, 0.2) is 47.9 Å². The predicted octanol–water partition coefficient (Wildman–Crippen LogP) is 1.39. The molecule has 16 heavy (non-hydrogen) atoms. The molecule has 0 saturated carbocycles. The Hall–Kier alpha value is -0.656. The molecule has 1 aromatic carbocycles. The van der Waals surface area contributed by atoms with E-state index in [1.54, 1.807) is 18.2 Å². The van der Waals surface area contributed by atoms with Gasteiger partial charge >= 0.3 is 101 Å². The molecule has 0 aliphatic rings. The third kappa shape index (κ3) is 4.07. The Labute approximate surface area is 101 Å². The minimum atomic E-state index is -3.99. The van der Waals surface area contributed by atoms with Crippen molar-refractivity contribution >= 4 is 10.1 Å². The molecule has 0 fully saturated rings. The summed E-state index contributed by atoms with van der Waals surface area (Å²) in [6, 6.07) is 7.47. The van der Waals surface area contributed by atoms with Crippen molar-refractivity contribution in [1.29, 1.82) is 0 Å². The molecule has 1 aromatic rings. The van der Waals surface area contributed by atoms with E-state index in [-0.39, 0.29) is 11.5 Å². The molecule has 0 spiro atoms. The normalized spacial score (nSPS) is 11.0. The van der Waals surface area contributed by atoms with Gasteiger partial charge in [-0.05, 0) is 0 Å². The summed E-state index contributed by atoms with van der Waals surface area (Å²) in [5, 5.41) is 0. The van der Waals surface area contributed by atoms with Crippen LogP contribution in [0.1, 0.15) is 0 Å². The minimum absolute atomic E-state index is 0.00312. The Balaban J connectivity index is 2.73. The Bertz CT molecular complexity index is 468. The van der Waals surface area contributed by atoms with Crippen LogP contribution in [0.2, 0.25) is 0 Å². The van der Waals surface area contributed by atoms with Crippen molar-refractivity contribution in [3.63, 3.8) is 0 Å². The van der Waals surface area contributed by atoms with E-state index < -0.39 is 28.7 Å². The third-order valence-electron chi connectivity index (χ3n) is 1.53. The number of hydrogen-bond acceptors (Lipinski definition) is 5. The van der Waals surface area contributed by atoms with Crippen LogP contribution >= 0.6 is 0 Å². The molecule has 5 nitrogen and oxygen atoms in total. The molecular formula is C9H10O5STi. The molecule has 0 bridgehead atoms. The molecule has 0 amide bonds. The third-order valence-corrected chi connectivity index (χ3v) is 5.03. The molecule has 86 valence electrons. The fourth-order valence-corrected chi connectivity index (χ4v) is 3.60. The molecular weight excluding hydrogens is 268 g/mol. The first-order valence-electron chi connectivity index (χ1n) is 4.33. The van der Waals surface area contributed by atoms with Crippen LogP contribution in [0.4, 0.5) is 0 Å². The van der Waals surface area contributed by atoms with Gasteiger partial charge in [0.15, 0.2) is 0 Å². The van der Waals surface area contributed by atoms with E-state index in [2.05, 4.69) is 12.7 Å². The van der Waals surface area contributed by atoms with Gasteiger partial charge in [-0.15, -0.1) is 0 Å². The van der Waals surface area contributed by atoms with Gasteiger partial charge in [0.25, 0.3) is 0 Å². The van der Waals surface area contributed by atoms with Crippen LogP contribution in [0, 0.1) is 0 Å². The van der Waals surface area contributed by atoms with Gasteiger partial charge in [0.05, 0.1) is 0 Å². The molecule has 0 aliphatic carbocycles. The Morgan fingerprint density at radius 2 is 1.94 bits per heavy atom. The summed E-state index contributed by atoms with van der Waals surface area (Å²) < 4.78 is 43.3. The summed E-state index contributed by atoms with van der Waals surface area (Å²) in [7, 11) is -3.99. The van der Waals surface area contributed by atoms with Gasteiger partial charge in [-0.1, -0.05) is 0 Å². The van der Waals surface area contributed by atoms with Crippen molar-refractivity contribution in [2.45, 2.75) is 4.90 Å². The van der Waals surface area contributed by atoms with E-state index in [9.17, 15) is 11.7 Å². The topological polar surface area (TPSA) is 69.7 Å². The fraction of sp³-hybridized carbons (Fsp3) is 0.111. The zero-order valence-electron chi connectivity index (χ0n) is 8.33. The van der Waals surface area contributed by atoms with Gasteiger partial charge in [0.2, 0.25) is 0 Å². The van der Waals surface area contributed by atoms with Crippen LogP contribution in [0.3, 0.4) is 0 Å². The second-order valence-electron chi connectivity index (χ2n) is 2.70. The summed E-state index contributed by atoms with van der Waals surface area (Å²) in [6.45, 7) is 3.35. The van der Waals surface area contributed by atoms with E-state index >= 15 is 0 Å². The SMILES string of the molecule is C=CC[O][Ti](=[O])[O]S(=O)(=O)c1ccccc1. The summed E-state index contributed by atoms with van der Waals surface area (Å²) in [4.78, 5) is -0.0435. The summed E-state index contributed by atoms with van der Waals surface area (Å²) >= 11 is -3.69. The van der Waals surface area contributed by atoms with Crippen LogP contribution in [-0.2, 0) is 38.1 Å². The molecule has 0 radical (unpaired) electrons.